The lowest BCUT2D eigenvalue weighted by Crippen LogP contribution is -2.28. The van der Waals surface area contributed by atoms with Gasteiger partial charge < -0.3 is 19.6 Å². The van der Waals surface area contributed by atoms with E-state index in [1.54, 1.807) is 6.92 Å². The number of benzene rings is 1. The van der Waals surface area contributed by atoms with E-state index < -0.39 is 23.7 Å². The zero-order valence-electron chi connectivity index (χ0n) is 16.5. The lowest BCUT2D eigenvalue weighted by atomic mass is 10.2. The SMILES string of the molecule is COc1ncnc(C(=O)N[C@@H](C)c2cc(-c3nc4ccc(C(F)(F)F)cc4[nH]3)on2)c1Cl. The van der Waals surface area contributed by atoms with Gasteiger partial charge in [-0.25, -0.2) is 15.0 Å². The number of nitrogens with zero attached hydrogens (tertiary/aromatic N) is 4. The highest BCUT2D eigenvalue weighted by Crippen LogP contribution is 2.32. The van der Waals surface area contributed by atoms with Gasteiger partial charge in [0.2, 0.25) is 11.6 Å². The Balaban J connectivity index is 1.54. The van der Waals surface area contributed by atoms with Gasteiger partial charge in [-0.3, -0.25) is 4.79 Å². The Morgan fingerprint density at radius 3 is 2.78 bits per heavy atom. The number of methoxy groups -OCH3 is 1. The molecular weight excluding hydrogens is 453 g/mol. The zero-order valence-corrected chi connectivity index (χ0v) is 17.2. The maximum absolute atomic E-state index is 12.9. The molecule has 13 heteroatoms. The van der Waals surface area contributed by atoms with Gasteiger partial charge >= 0.3 is 6.18 Å². The van der Waals surface area contributed by atoms with Crippen molar-refractivity contribution in [3.8, 4) is 17.5 Å². The summed E-state index contributed by atoms with van der Waals surface area (Å²) >= 11 is 6.07. The third-order valence-electron chi connectivity index (χ3n) is 4.53. The fraction of sp³-hybridized carbons (Fsp3) is 0.211. The van der Waals surface area contributed by atoms with E-state index in [2.05, 4.69) is 30.4 Å². The number of hydrogen-bond donors (Lipinski definition) is 2. The number of aromatic amines is 1. The van der Waals surface area contributed by atoms with Crippen LogP contribution in [0, 0.1) is 0 Å². The molecule has 0 saturated carbocycles. The number of halogens is 4. The van der Waals surface area contributed by atoms with Crippen molar-refractivity contribution in [3.63, 3.8) is 0 Å². The van der Waals surface area contributed by atoms with Crippen LogP contribution in [0.25, 0.3) is 22.6 Å². The zero-order chi connectivity index (χ0) is 23.0. The van der Waals surface area contributed by atoms with Gasteiger partial charge in [0.15, 0.2) is 11.5 Å². The number of H-pyrrole nitrogens is 1. The smallest absolute Gasteiger partial charge is 0.416 e. The van der Waals surface area contributed by atoms with Crippen LogP contribution in [0.5, 0.6) is 5.88 Å². The van der Waals surface area contributed by atoms with Crippen molar-refractivity contribution in [1.82, 2.24) is 30.4 Å². The summed E-state index contributed by atoms with van der Waals surface area (Å²) in [5, 5.41) is 6.53. The van der Waals surface area contributed by atoms with E-state index in [-0.39, 0.29) is 33.7 Å². The van der Waals surface area contributed by atoms with Crippen LogP contribution in [0.15, 0.2) is 35.1 Å². The normalized spacial score (nSPS) is 12.7. The van der Waals surface area contributed by atoms with E-state index in [0.717, 1.165) is 18.5 Å². The van der Waals surface area contributed by atoms with Gasteiger partial charge in [0, 0.05) is 6.07 Å². The quantitative estimate of drug-likeness (QED) is 0.453. The molecule has 3 aromatic heterocycles. The van der Waals surface area contributed by atoms with Crippen LogP contribution in [-0.2, 0) is 6.18 Å². The highest BCUT2D eigenvalue weighted by atomic mass is 35.5. The number of aromatic nitrogens is 5. The molecule has 1 aromatic carbocycles. The van der Waals surface area contributed by atoms with E-state index in [1.165, 1.54) is 19.2 Å². The second-order valence-corrected chi connectivity index (χ2v) is 7.05. The molecule has 0 unspecified atom stereocenters. The maximum atomic E-state index is 12.9. The highest BCUT2D eigenvalue weighted by molar-refractivity contribution is 6.34. The summed E-state index contributed by atoms with van der Waals surface area (Å²) in [5.41, 5.74) is 0.00435. The fourth-order valence-corrected chi connectivity index (χ4v) is 3.16. The number of ether oxygens (including phenoxy) is 1. The molecule has 1 atom stereocenters. The van der Waals surface area contributed by atoms with Crippen LogP contribution in [-0.4, -0.2) is 38.1 Å². The first-order valence-electron chi connectivity index (χ1n) is 9.06. The third-order valence-corrected chi connectivity index (χ3v) is 4.87. The minimum Gasteiger partial charge on any atom is -0.480 e. The Morgan fingerprint density at radius 1 is 1.28 bits per heavy atom. The first kappa shape index (κ1) is 21.6. The Hall–Kier alpha value is -3.67. The molecule has 1 amide bonds. The lowest BCUT2D eigenvalue weighted by molar-refractivity contribution is -0.137. The minimum absolute atomic E-state index is 0.0407. The number of alkyl halides is 3. The first-order chi connectivity index (χ1) is 15.2. The Morgan fingerprint density at radius 2 is 2.06 bits per heavy atom. The average Bonchev–Trinajstić information content (AvgIpc) is 3.39. The Labute approximate surface area is 183 Å². The number of carbonyl (C=O) groups is 1. The van der Waals surface area contributed by atoms with Crippen LogP contribution in [0.2, 0.25) is 5.02 Å². The predicted molar refractivity (Wildman–Crippen MR) is 106 cm³/mol. The second kappa shape index (κ2) is 8.11. The van der Waals surface area contributed by atoms with Crippen LogP contribution < -0.4 is 10.1 Å². The van der Waals surface area contributed by atoms with Crippen molar-refractivity contribution < 1.29 is 27.2 Å². The number of nitrogens with one attached hydrogen (secondary N) is 2. The molecule has 0 aliphatic heterocycles. The number of fused-ring (bicyclic) bond motifs is 1. The molecule has 9 nitrogen and oxygen atoms in total. The summed E-state index contributed by atoms with van der Waals surface area (Å²) < 4.78 is 49.0. The standard InChI is InChI=1S/C19H14ClF3N6O3/c1-8(26-17(30)15-14(20)18(31-2)25-7-24-15)11-6-13(32-29-11)16-27-10-4-3-9(19(21,22)23)5-12(10)28-16/h3-8H,1-2H3,(H,26,30)(H,27,28)/t8-/m0/s1. The molecule has 4 rings (SSSR count). The molecule has 166 valence electrons. The van der Waals surface area contributed by atoms with E-state index in [9.17, 15) is 18.0 Å². The molecule has 0 spiro atoms. The van der Waals surface area contributed by atoms with Gasteiger partial charge in [-0.2, -0.15) is 13.2 Å². The average molecular weight is 467 g/mol. The van der Waals surface area contributed by atoms with Gasteiger partial charge in [0.25, 0.3) is 5.91 Å². The summed E-state index contributed by atoms with van der Waals surface area (Å²) in [6.07, 6.45) is -3.33. The molecule has 32 heavy (non-hydrogen) atoms. The number of carbonyl (C=O) groups excluding carboxylic acids is 1. The van der Waals surface area contributed by atoms with Crippen LogP contribution in [0.3, 0.4) is 0 Å². The van der Waals surface area contributed by atoms with Crippen molar-refractivity contribution in [2.24, 2.45) is 0 Å². The predicted octanol–water partition coefficient (Wildman–Crippen LogP) is 4.18. The molecular formula is C19H14ClF3N6O3. The molecule has 0 aliphatic rings. The largest absolute Gasteiger partial charge is 0.480 e. The van der Waals surface area contributed by atoms with E-state index in [0.29, 0.717) is 11.2 Å². The first-order valence-corrected chi connectivity index (χ1v) is 9.44. The highest BCUT2D eigenvalue weighted by Gasteiger charge is 2.31. The van der Waals surface area contributed by atoms with Gasteiger partial charge in [-0.15, -0.1) is 0 Å². The number of hydrogen-bond acceptors (Lipinski definition) is 7. The summed E-state index contributed by atoms with van der Waals surface area (Å²) in [6.45, 7) is 1.65. The topological polar surface area (TPSA) is 119 Å². The number of rotatable bonds is 5. The van der Waals surface area contributed by atoms with Gasteiger partial charge in [-0.05, 0) is 25.1 Å². The monoisotopic (exact) mass is 466 g/mol. The van der Waals surface area contributed by atoms with Crippen molar-refractivity contribution >= 4 is 28.5 Å². The Kier molecular flexibility index (Phi) is 5.46. The van der Waals surface area contributed by atoms with Crippen LogP contribution in [0.1, 0.15) is 34.7 Å². The third kappa shape index (κ3) is 4.08. The number of amides is 1. The summed E-state index contributed by atoms with van der Waals surface area (Å²) in [4.78, 5) is 27.2. The van der Waals surface area contributed by atoms with Crippen molar-refractivity contribution in [3.05, 3.63) is 52.6 Å². The minimum atomic E-state index is -4.47. The summed E-state index contributed by atoms with van der Waals surface area (Å²) in [6, 6.07) is 4.07. The van der Waals surface area contributed by atoms with Crippen molar-refractivity contribution in [2.75, 3.05) is 7.11 Å². The molecule has 0 bridgehead atoms. The van der Waals surface area contributed by atoms with E-state index in [4.69, 9.17) is 20.9 Å². The van der Waals surface area contributed by atoms with Crippen LogP contribution in [0.4, 0.5) is 13.2 Å². The van der Waals surface area contributed by atoms with E-state index >= 15 is 0 Å². The molecule has 0 saturated heterocycles. The molecule has 0 aliphatic carbocycles. The van der Waals surface area contributed by atoms with Gasteiger partial charge in [-0.1, -0.05) is 16.8 Å². The molecule has 2 N–H and O–H groups in total. The molecule has 0 fully saturated rings. The van der Waals surface area contributed by atoms with Crippen molar-refractivity contribution in [2.45, 2.75) is 19.1 Å². The van der Waals surface area contributed by atoms with Crippen LogP contribution >= 0.6 is 11.6 Å². The molecule has 0 radical (unpaired) electrons. The molecule has 3 heterocycles. The maximum Gasteiger partial charge on any atom is 0.416 e. The molecule has 4 aromatic rings. The number of imidazole rings is 1. The van der Waals surface area contributed by atoms with Gasteiger partial charge in [0.05, 0.1) is 29.7 Å². The summed E-state index contributed by atoms with van der Waals surface area (Å²) in [7, 11) is 1.36. The van der Waals surface area contributed by atoms with Crippen molar-refractivity contribution in [1.29, 1.82) is 0 Å². The fourth-order valence-electron chi connectivity index (χ4n) is 2.90. The van der Waals surface area contributed by atoms with E-state index in [1.807, 2.05) is 0 Å². The lowest BCUT2D eigenvalue weighted by Gasteiger charge is -2.11. The van der Waals surface area contributed by atoms with Gasteiger partial charge in [0.1, 0.15) is 17.0 Å². The summed E-state index contributed by atoms with van der Waals surface area (Å²) in [5.74, 6) is -0.147. The Bertz CT molecular complexity index is 1300. The second-order valence-electron chi connectivity index (χ2n) is 6.67.